The Kier molecular flexibility index (Phi) is 4.26. The monoisotopic (exact) mass is 281 g/mol. The minimum Gasteiger partial charge on any atom is -0.457 e. The predicted molar refractivity (Wildman–Crippen MR) is 86.9 cm³/mol. The van der Waals surface area contributed by atoms with Crippen molar-refractivity contribution >= 4 is 0 Å². The van der Waals surface area contributed by atoms with Crippen LogP contribution in [0.15, 0.2) is 42.5 Å². The lowest BCUT2D eigenvalue weighted by Crippen LogP contribution is -2.15. The lowest BCUT2D eigenvalue weighted by atomic mass is 10.1. The summed E-state index contributed by atoms with van der Waals surface area (Å²) in [6, 6.07) is 15.5. The van der Waals surface area contributed by atoms with E-state index in [1.807, 2.05) is 12.1 Å². The van der Waals surface area contributed by atoms with Gasteiger partial charge in [0.15, 0.2) is 0 Å². The van der Waals surface area contributed by atoms with E-state index in [4.69, 9.17) is 4.74 Å². The average Bonchev–Trinajstić information content (AvgIpc) is 3.33. The second-order valence-corrected chi connectivity index (χ2v) is 5.85. The van der Waals surface area contributed by atoms with E-state index in [-0.39, 0.29) is 0 Å². The molecule has 0 saturated heterocycles. The van der Waals surface area contributed by atoms with Crippen molar-refractivity contribution in [2.24, 2.45) is 0 Å². The van der Waals surface area contributed by atoms with Crippen molar-refractivity contribution in [2.75, 3.05) is 0 Å². The highest BCUT2D eigenvalue weighted by atomic mass is 16.5. The Balaban J connectivity index is 1.66. The topological polar surface area (TPSA) is 21.3 Å². The lowest BCUT2D eigenvalue weighted by molar-refractivity contribution is 0.478. The molecule has 21 heavy (non-hydrogen) atoms. The molecule has 0 radical (unpaired) electrons. The van der Waals surface area contributed by atoms with Gasteiger partial charge in [0.1, 0.15) is 11.5 Å². The number of rotatable bonds is 6. The highest BCUT2D eigenvalue weighted by molar-refractivity contribution is 5.40. The fourth-order valence-electron chi connectivity index (χ4n) is 2.41. The van der Waals surface area contributed by atoms with Crippen LogP contribution < -0.4 is 10.1 Å². The molecule has 0 heterocycles. The molecule has 110 valence electrons. The van der Waals surface area contributed by atoms with Gasteiger partial charge in [-0.25, -0.2) is 0 Å². The molecule has 3 rings (SSSR count). The molecular formula is C19H23NO. The van der Waals surface area contributed by atoms with E-state index < -0.39 is 0 Å². The summed E-state index contributed by atoms with van der Waals surface area (Å²) in [5, 5.41) is 3.54. The standard InChI is InChI=1S/C19H23NO/c1-3-15-4-9-18(10-5-15)21-19-11-6-16(12-14(19)2)13-20-17-7-8-17/h4-6,9-12,17,20H,3,7-8,13H2,1-2H3. The zero-order valence-corrected chi connectivity index (χ0v) is 12.9. The number of ether oxygens (including phenoxy) is 1. The van der Waals surface area contributed by atoms with Crippen LogP contribution in [0.25, 0.3) is 0 Å². The zero-order valence-electron chi connectivity index (χ0n) is 12.9. The summed E-state index contributed by atoms with van der Waals surface area (Å²) in [7, 11) is 0. The quantitative estimate of drug-likeness (QED) is 0.835. The van der Waals surface area contributed by atoms with Crippen molar-refractivity contribution in [3.8, 4) is 11.5 Å². The molecule has 2 heteroatoms. The summed E-state index contributed by atoms with van der Waals surface area (Å²) in [6.07, 6.45) is 3.71. The van der Waals surface area contributed by atoms with Crippen LogP contribution in [0.5, 0.6) is 11.5 Å². The molecule has 1 N–H and O–H groups in total. The summed E-state index contributed by atoms with van der Waals surface area (Å²) >= 11 is 0. The van der Waals surface area contributed by atoms with Gasteiger partial charge in [-0.1, -0.05) is 31.2 Å². The van der Waals surface area contributed by atoms with Gasteiger partial charge in [-0.15, -0.1) is 0 Å². The molecular weight excluding hydrogens is 258 g/mol. The summed E-state index contributed by atoms with van der Waals surface area (Å²) in [4.78, 5) is 0. The number of aryl methyl sites for hydroxylation is 2. The number of benzene rings is 2. The molecule has 1 saturated carbocycles. The first kappa shape index (κ1) is 14.2. The van der Waals surface area contributed by atoms with Crippen LogP contribution in [-0.2, 0) is 13.0 Å². The molecule has 2 nitrogen and oxygen atoms in total. The van der Waals surface area contributed by atoms with Gasteiger partial charge in [0.2, 0.25) is 0 Å². The Labute approximate surface area is 127 Å². The van der Waals surface area contributed by atoms with E-state index in [1.54, 1.807) is 0 Å². The van der Waals surface area contributed by atoms with Crippen LogP contribution in [0, 0.1) is 6.92 Å². The van der Waals surface area contributed by atoms with E-state index in [2.05, 4.69) is 49.5 Å². The summed E-state index contributed by atoms with van der Waals surface area (Å²) in [6.45, 7) is 5.22. The average molecular weight is 281 g/mol. The molecule has 0 aromatic heterocycles. The summed E-state index contributed by atoms with van der Waals surface area (Å²) in [5.41, 5.74) is 3.85. The summed E-state index contributed by atoms with van der Waals surface area (Å²) in [5.74, 6) is 1.84. The first-order valence-corrected chi connectivity index (χ1v) is 7.84. The van der Waals surface area contributed by atoms with Gasteiger partial charge in [-0.3, -0.25) is 0 Å². The maximum absolute atomic E-state index is 5.98. The highest BCUT2D eigenvalue weighted by Gasteiger charge is 2.19. The Morgan fingerprint density at radius 3 is 2.38 bits per heavy atom. The third-order valence-electron chi connectivity index (χ3n) is 3.97. The normalized spacial score (nSPS) is 14.2. The van der Waals surface area contributed by atoms with Gasteiger partial charge in [-0.2, -0.15) is 0 Å². The van der Waals surface area contributed by atoms with E-state index in [1.165, 1.54) is 29.5 Å². The fourth-order valence-corrected chi connectivity index (χ4v) is 2.41. The first-order chi connectivity index (χ1) is 10.2. The maximum Gasteiger partial charge on any atom is 0.130 e. The van der Waals surface area contributed by atoms with Crippen molar-refractivity contribution in [3.63, 3.8) is 0 Å². The van der Waals surface area contributed by atoms with E-state index in [0.717, 1.165) is 30.5 Å². The van der Waals surface area contributed by atoms with Crippen LogP contribution in [0.2, 0.25) is 0 Å². The van der Waals surface area contributed by atoms with Crippen LogP contribution in [0.4, 0.5) is 0 Å². The van der Waals surface area contributed by atoms with Crippen LogP contribution in [0.1, 0.15) is 36.5 Å². The number of nitrogens with one attached hydrogen (secondary N) is 1. The van der Waals surface area contributed by atoms with Crippen LogP contribution in [0.3, 0.4) is 0 Å². The molecule has 0 spiro atoms. The van der Waals surface area contributed by atoms with E-state index >= 15 is 0 Å². The molecule has 0 amide bonds. The molecule has 1 aliphatic rings. The molecule has 0 aliphatic heterocycles. The Morgan fingerprint density at radius 1 is 1.05 bits per heavy atom. The predicted octanol–water partition coefficient (Wildman–Crippen LogP) is 4.60. The SMILES string of the molecule is CCc1ccc(Oc2ccc(CNC3CC3)cc2C)cc1. The second kappa shape index (κ2) is 6.31. The largest absolute Gasteiger partial charge is 0.457 e. The van der Waals surface area contributed by atoms with Crippen LogP contribution >= 0.6 is 0 Å². The van der Waals surface area contributed by atoms with Crippen molar-refractivity contribution < 1.29 is 4.74 Å². The lowest BCUT2D eigenvalue weighted by Gasteiger charge is -2.11. The molecule has 2 aromatic carbocycles. The smallest absolute Gasteiger partial charge is 0.130 e. The van der Waals surface area contributed by atoms with E-state index in [0.29, 0.717) is 0 Å². The van der Waals surface area contributed by atoms with Crippen molar-refractivity contribution in [3.05, 3.63) is 59.2 Å². The highest BCUT2D eigenvalue weighted by Crippen LogP contribution is 2.26. The van der Waals surface area contributed by atoms with Gasteiger partial charge in [0, 0.05) is 12.6 Å². The Morgan fingerprint density at radius 2 is 1.76 bits per heavy atom. The number of hydrogen-bond donors (Lipinski definition) is 1. The fraction of sp³-hybridized carbons (Fsp3) is 0.368. The molecule has 0 bridgehead atoms. The second-order valence-electron chi connectivity index (χ2n) is 5.85. The van der Waals surface area contributed by atoms with Crippen molar-refractivity contribution in [1.82, 2.24) is 5.32 Å². The molecule has 1 fully saturated rings. The van der Waals surface area contributed by atoms with Gasteiger partial charge < -0.3 is 10.1 Å². The van der Waals surface area contributed by atoms with Gasteiger partial charge >= 0.3 is 0 Å². The third kappa shape index (κ3) is 3.85. The Hall–Kier alpha value is -1.80. The van der Waals surface area contributed by atoms with E-state index in [9.17, 15) is 0 Å². The molecule has 0 atom stereocenters. The minimum atomic E-state index is 0.748. The number of hydrogen-bond acceptors (Lipinski definition) is 2. The van der Waals surface area contributed by atoms with Crippen molar-refractivity contribution in [1.29, 1.82) is 0 Å². The minimum absolute atomic E-state index is 0.748. The van der Waals surface area contributed by atoms with Gasteiger partial charge in [-0.05, 0) is 61.1 Å². The van der Waals surface area contributed by atoms with Crippen LogP contribution in [-0.4, -0.2) is 6.04 Å². The molecule has 1 aliphatic carbocycles. The first-order valence-electron chi connectivity index (χ1n) is 7.84. The maximum atomic E-state index is 5.98. The Bertz CT molecular complexity index is 599. The molecule has 2 aromatic rings. The van der Waals surface area contributed by atoms with Gasteiger partial charge in [0.25, 0.3) is 0 Å². The van der Waals surface area contributed by atoms with Crippen molar-refractivity contribution in [2.45, 2.75) is 45.7 Å². The molecule has 0 unspecified atom stereocenters. The summed E-state index contributed by atoms with van der Waals surface area (Å²) < 4.78 is 5.98. The zero-order chi connectivity index (χ0) is 14.7. The van der Waals surface area contributed by atoms with Gasteiger partial charge in [0.05, 0.1) is 0 Å². The third-order valence-corrected chi connectivity index (χ3v) is 3.97.